The first-order valence-corrected chi connectivity index (χ1v) is 11.3. The van der Waals surface area contributed by atoms with Crippen molar-refractivity contribution in [3.8, 4) is 11.1 Å². The molecule has 0 atom stereocenters. The van der Waals surface area contributed by atoms with Crippen LogP contribution in [0.4, 0.5) is 14.5 Å². The Labute approximate surface area is 199 Å². The molecule has 32 heavy (non-hydrogen) atoms. The second kappa shape index (κ2) is 8.33. The number of aromatic amines is 1. The number of nitrogens with two attached hydrogens (primary N) is 1. The number of thiophene rings is 1. The summed E-state index contributed by atoms with van der Waals surface area (Å²) < 4.78 is 29.6. The minimum atomic E-state index is -2.84. The van der Waals surface area contributed by atoms with Crippen LogP contribution in [0.3, 0.4) is 0 Å². The quantitative estimate of drug-likeness (QED) is 0.315. The molecule has 0 aliphatic rings. The molecule has 9 nitrogen and oxygen atoms in total. The number of primary amides is 1. The molecule has 4 aromatic heterocycles. The van der Waals surface area contributed by atoms with E-state index in [1.54, 1.807) is 18.7 Å². The Hall–Kier alpha value is -2.71. The highest BCUT2D eigenvalue weighted by Gasteiger charge is 2.27. The lowest BCUT2D eigenvalue weighted by molar-refractivity contribution is 0.100. The van der Waals surface area contributed by atoms with E-state index in [4.69, 9.17) is 5.73 Å². The van der Waals surface area contributed by atoms with Crippen LogP contribution in [0.5, 0.6) is 0 Å². The summed E-state index contributed by atoms with van der Waals surface area (Å²) in [6.45, 7) is 1.77. The average Bonchev–Trinajstić information content (AvgIpc) is 3.38. The van der Waals surface area contributed by atoms with Gasteiger partial charge >= 0.3 is 0 Å². The van der Waals surface area contributed by atoms with Gasteiger partial charge in [0.2, 0.25) is 0 Å². The molecule has 0 radical (unpaired) electrons. The van der Waals surface area contributed by atoms with E-state index in [0.717, 1.165) is 11.3 Å². The van der Waals surface area contributed by atoms with Crippen molar-refractivity contribution in [1.82, 2.24) is 25.0 Å². The van der Waals surface area contributed by atoms with Gasteiger partial charge in [0.15, 0.2) is 5.69 Å². The van der Waals surface area contributed by atoms with Crippen LogP contribution in [0, 0.1) is 6.92 Å². The number of amides is 2. The number of fused-ring (bicyclic) bond motifs is 1. The van der Waals surface area contributed by atoms with E-state index in [0.29, 0.717) is 31.3 Å². The maximum atomic E-state index is 13.6. The number of aryl methyl sites for hydroxylation is 1. The topological polar surface area (TPSA) is 132 Å². The van der Waals surface area contributed by atoms with Crippen LogP contribution in [0.25, 0.3) is 21.3 Å². The van der Waals surface area contributed by atoms with Crippen molar-refractivity contribution in [2.75, 3.05) is 5.32 Å². The fourth-order valence-corrected chi connectivity index (χ4v) is 4.78. The Bertz CT molecular complexity index is 1400. The summed E-state index contributed by atoms with van der Waals surface area (Å²) in [7, 11) is 1.71. The molecule has 0 bridgehead atoms. The minimum absolute atomic E-state index is 0.0166. The second-order valence-corrected chi connectivity index (χ2v) is 9.25. The maximum Gasteiger partial charge on any atom is 0.280 e. The van der Waals surface area contributed by atoms with Gasteiger partial charge in [0.05, 0.1) is 16.4 Å². The monoisotopic (exact) mass is 587 g/mol. The maximum absolute atomic E-state index is 13.6. The first kappa shape index (κ1) is 22.5. The standard InChI is InChI=1S/C18H13Br2F2N7O2S/c1-5-7(4-24-29(5)2)6-3-8(15(21)22)25-18-9(6)11(13(32-18)16(23)30)26-17(31)12-10(19)14(20)28-27-12/h3-4,15H,1-2H3,(H2,23,30)(H,26,31)(H,27,28). The van der Waals surface area contributed by atoms with Gasteiger partial charge in [0.1, 0.15) is 20.0 Å². The number of nitrogens with zero attached hydrogens (tertiary/aromatic N) is 4. The molecule has 4 N–H and O–H groups in total. The summed E-state index contributed by atoms with van der Waals surface area (Å²) in [5, 5.41) is 13.7. The molecular formula is C18H13Br2F2N7O2S. The van der Waals surface area contributed by atoms with Gasteiger partial charge in [-0.3, -0.25) is 19.4 Å². The van der Waals surface area contributed by atoms with Crippen molar-refractivity contribution in [2.24, 2.45) is 12.8 Å². The average molecular weight is 589 g/mol. The lowest BCUT2D eigenvalue weighted by Gasteiger charge is -2.10. The first-order chi connectivity index (χ1) is 15.1. The molecule has 0 fully saturated rings. The second-order valence-electron chi connectivity index (χ2n) is 6.67. The van der Waals surface area contributed by atoms with Crippen LogP contribution in [0.2, 0.25) is 0 Å². The molecule has 0 unspecified atom stereocenters. The zero-order valence-corrected chi connectivity index (χ0v) is 20.3. The number of hydrogen-bond acceptors (Lipinski definition) is 6. The van der Waals surface area contributed by atoms with E-state index in [1.165, 1.54) is 12.3 Å². The van der Waals surface area contributed by atoms with Crippen molar-refractivity contribution in [3.63, 3.8) is 0 Å². The van der Waals surface area contributed by atoms with E-state index in [2.05, 4.69) is 57.5 Å². The number of anilines is 1. The normalized spacial score (nSPS) is 11.5. The highest BCUT2D eigenvalue weighted by atomic mass is 79.9. The van der Waals surface area contributed by atoms with Crippen LogP contribution in [0.15, 0.2) is 21.3 Å². The summed E-state index contributed by atoms with van der Waals surface area (Å²) in [4.78, 5) is 29.2. The summed E-state index contributed by atoms with van der Waals surface area (Å²) in [6.07, 6.45) is -1.32. The van der Waals surface area contributed by atoms with Crippen LogP contribution in [-0.2, 0) is 7.05 Å². The molecule has 4 aromatic rings. The van der Waals surface area contributed by atoms with E-state index >= 15 is 0 Å². The molecule has 0 saturated carbocycles. The third kappa shape index (κ3) is 3.71. The molecule has 166 valence electrons. The smallest absolute Gasteiger partial charge is 0.280 e. The minimum Gasteiger partial charge on any atom is -0.365 e. The van der Waals surface area contributed by atoms with Gasteiger partial charge in [0, 0.05) is 23.7 Å². The van der Waals surface area contributed by atoms with Crippen molar-refractivity contribution in [2.45, 2.75) is 13.3 Å². The molecule has 4 rings (SSSR count). The van der Waals surface area contributed by atoms with Crippen molar-refractivity contribution in [3.05, 3.63) is 43.3 Å². The number of halogens is 4. The summed E-state index contributed by atoms with van der Waals surface area (Å²) in [5.74, 6) is -1.48. The summed E-state index contributed by atoms with van der Waals surface area (Å²) in [5.41, 5.74) is 6.75. The van der Waals surface area contributed by atoms with Crippen LogP contribution >= 0.6 is 43.2 Å². The number of rotatable bonds is 5. The van der Waals surface area contributed by atoms with Crippen LogP contribution < -0.4 is 11.1 Å². The lowest BCUT2D eigenvalue weighted by atomic mass is 10.0. The third-order valence-electron chi connectivity index (χ3n) is 4.77. The van der Waals surface area contributed by atoms with Gasteiger partial charge in [-0.1, -0.05) is 0 Å². The highest BCUT2D eigenvalue weighted by molar-refractivity contribution is 9.13. The van der Waals surface area contributed by atoms with Crippen molar-refractivity contribution < 1.29 is 18.4 Å². The molecule has 0 aromatic carbocycles. The van der Waals surface area contributed by atoms with Crippen LogP contribution in [0.1, 0.15) is 38.0 Å². The molecule has 0 aliphatic carbocycles. The summed E-state index contributed by atoms with van der Waals surface area (Å²) in [6, 6.07) is 1.23. The lowest BCUT2D eigenvalue weighted by Crippen LogP contribution is -2.17. The zero-order valence-electron chi connectivity index (χ0n) is 16.3. The fraction of sp³-hybridized carbons (Fsp3) is 0.167. The number of hydrogen-bond donors (Lipinski definition) is 3. The van der Waals surface area contributed by atoms with Crippen molar-refractivity contribution in [1.29, 1.82) is 0 Å². The van der Waals surface area contributed by atoms with Gasteiger partial charge in [0.25, 0.3) is 18.2 Å². The van der Waals surface area contributed by atoms with Gasteiger partial charge < -0.3 is 11.1 Å². The number of carbonyl (C=O) groups excluding carboxylic acids is 2. The van der Waals surface area contributed by atoms with E-state index < -0.39 is 23.9 Å². The highest BCUT2D eigenvalue weighted by Crippen LogP contribution is 2.43. The van der Waals surface area contributed by atoms with Gasteiger partial charge in [-0.15, -0.1) is 11.3 Å². The SMILES string of the molecule is Cc1c(-c2cc(C(F)F)nc3sc(C(N)=O)c(NC(=O)c4n[nH]c(Br)c4Br)c23)cnn1C. The van der Waals surface area contributed by atoms with E-state index in [9.17, 15) is 18.4 Å². The number of nitrogens with one attached hydrogen (secondary N) is 2. The molecule has 2 amide bonds. The van der Waals surface area contributed by atoms with Gasteiger partial charge in [-0.2, -0.15) is 10.2 Å². The number of alkyl halides is 2. The predicted molar refractivity (Wildman–Crippen MR) is 122 cm³/mol. The molecular weight excluding hydrogens is 576 g/mol. The van der Waals surface area contributed by atoms with E-state index in [1.807, 2.05) is 0 Å². The molecule has 0 aliphatic heterocycles. The molecule has 4 heterocycles. The Balaban J connectivity index is 2.00. The van der Waals surface area contributed by atoms with Crippen molar-refractivity contribution >= 4 is 70.9 Å². The largest absolute Gasteiger partial charge is 0.365 e. The number of H-pyrrole nitrogens is 1. The third-order valence-corrected chi connectivity index (χ3v) is 7.75. The molecule has 14 heteroatoms. The summed E-state index contributed by atoms with van der Waals surface area (Å²) >= 11 is 7.27. The number of carbonyl (C=O) groups is 2. The zero-order chi connectivity index (χ0) is 23.3. The Kier molecular flexibility index (Phi) is 5.85. The fourth-order valence-electron chi connectivity index (χ4n) is 3.13. The van der Waals surface area contributed by atoms with E-state index in [-0.39, 0.29) is 21.1 Å². The Morgan fingerprint density at radius 2 is 2.03 bits per heavy atom. The Morgan fingerprint density at radius 3 is 2.56 bits per heavy atom. The predicted octanol–water partition coefficient (Wildman–Crippen LogP) is 4.54. The van der Waals surface area contributed by atoms with Gasteiger partial charge in [-0.05, 0) is 50.4 Å². The number of pyridine rings is 1. The Morgan fingerprint density at radius 1 is 1.31 bits per heavy atom. The van der Waals surface area contributed by atoms with Gasteiger partial charge in [-0.25, -0.2) is 13.8 Å². The first-order valence-electron chi connectivity index (χ1n) is 8.85. The molecule has 0 spiro atoms. The number of aromatic nitrogens is 5. The molecule has 0 saturated heterocycles. The van der Waals surface area contributed by atoms with Crippen LogP contribution in [-0.4, -0.2) is 36.8 Å².